The standard InChI is InChI=1S/C55H65NO6/c1-4-6-8-10-12-13-14-15-17-19-21-44-25-34-49(35-26-44)60-54(58)47-32-38-51(39-33-47)62-55(59)48-29-22-42(3)52(40-48)56-41-45-27-36-50(37-28-45)61-53(57)46-30-23-43(24-31-46)20-18-16-11-9-7-5-2/h22-41H,4-21H2,1-3H3. The first-order valence-electron chi connectivity index (χ1n) is 23.0. The normalized spacial score (nSPS) is 11.1. The van der Waals surface area contributed by atoms with Crippen LogP contribution in [0.2, 0.25) is 0 Å². The van der Waals surface area contributed by atoms with Crippen LogP contribution in [0.25, 0.3) is 0 Å². The number of esters is 3. The highest BCUT2D eigenvalue weighted by Crippen LogP contribution is 2.24. The molecule has 326 valence electrons. The van der Waals surface area contributed by atoms with Gasteiger partial charge in [0.25, 0.3) is 0 Å². The number of benzene rings is 5. The predicted molar refractivity (Wildman–Crippen MR) is 252 cm³/mol. The Bertz CT molecular complexity index is 2140. The molecule has 0 heterocycles. The fourth-order valence-corrected chi connectivity index (χ4v) is 7.26. The zero-order valence-electron chi connectivity index (χ0n) is 37.2. The molecule has 7 heteroatoms. The lowest BCUT2D eigenvalue weighted by molar-refractivity contribution is 0.0723. The lowest BCUT2D eigenvalue weighted by Gasteiger charge is -2.08. The van der Waals surface area contributed by atoms with Crippen molar-refractivity contribution in [2.24, 2.45) is 4.99 Å². The predicted octanol–water partition coefficient (Wildman–Crippen LogP) is 14.8. The number of carbonyl (C=O) groups is 3. The molecule has 5 rings (SSSR count). The largest absolute Gasteiger partial charge is 0.423 e. The zero-order chi connectivity index (χ0) is 43.8. The van der Waals surface area contributed by atoms with Gasteiger partial charge in [0, 0.05) is 6.21 Å². The molecule has 0 aliphatic rings. The van der Waals surface area contributed by atoms with Crippen molar-refractivity contribution in [1.82, 2.24) is 0 Å². The van der Waals surface area contributed by atoms with E-state index in [1.807, 2.05) is 73.7 Å². The van der Waals surface area contributed by atoms with Crippen molar-refractivity contribution in [2.45, 2.75) is 136 Å². The van der Waals surface area contributed by atoms with Crippen molar-refractivity contribution in [1.29, 1.82) is 0 Å². The number of ether oxygens (including phenoxy) is 3. The highest BCUT2D eigenvalue weighted by atomic mass is 16.5. The van der Waals surface area contributed by atoms with Crippen LogP contribution in [0.1, 0.15) is 170 Å². The Balaban J connectivity index is 1.04. The van der Waals surface area contributed by atoms with Crippen molar-refractivity contribution in [3.8, 4) is 17.2 Å². The Morgan fingerprint density at radius 3 is 1.26 bits per heavy atom. The minimum absolute atomic E-state index is 0.301. The van der Waals surface area contributed by atoms with Gasteiger partial charge in [-0.15, -0.1) is 0 Å². The maximum Gasteiger partial charge on any atom is 0.343 e. The van der Waals surface area contributed by atoms with Crippen LogP contribution in [-0.4, -0.2) is 24.1 Å². The van der Waals surface area contributed by atoms with Gasteiger partial charge in [-0.05, 0) is 140 Å². The topological polar surface area (TPSA) is 91.3 Å². The first-order chi connectivity index (χ1) is 30.3. The third-order valence-electron chi connectivity index (χ3n) is 11.2. The van der Waals surface area contributed by atoms with E-state index in [0.29, 0.717) is 39.6 Å². The van der Waals surface area contributed by atoms with Crippen molar-refractivity contribution >= 4 is 29.8 Å². The van der Waals surface area contributed by atoms with E-state index in [1.165, 1.54) is 107 Å². The summed E-state index contributed by atoms with van der Waals surface area (Å²) < 4.78 is 16.9. The zero-order valence-corrected chi connectivity index (χ0v) is 37.2. The Hall–Kier alpha value is -5.82. The van der Waals surface area contributed by atoms with Gasteiger partial charge in [-0.3, -0.25) is 4.99 Å². The molecule has 0 spiro atoms. The first kappa shape index (κ1) is 47.2. The minimum atomic E-state index is -0.548. The molecule has 0 aliphatic carbocycles. The molecule has 0 aliphatic heterocycles. The number of carbonyl (C=O) groups excluding carboxylic acids is 3. The molecule has 5 aromatic rings. The summed E-state index contributed by atoms with van der Waals surface area (Å²) in [5.41, 5.74) is 5.96. The highest BCUT2D eigenvalue weighted by molar-refractivity contribution is 5.94. The van der Waals surface area contributed by atoms with Crippen LogP contribution < -0.4 is 14.2 Å². The SMILES string of the molecule is CCCCCCCCCCCCc1ccc(OC(=O)c2ccc(OC(=O)c3ccc(C)c(N=Cc4ccc(OC(=O)c5ccc(CCCCCCCC)cc5)cc4)c3)cc2)cc1. The highest BCUT2D eigenvalue weighted by Gasteiger charge is 2.14. The van der Waals surface area contributed by atoms with Gasteiger partial charge in [-0.2, -0.15) is 0 Å². The quantitative estimate of drug-likeness (QED) is 0.0238. The summed E-state index contributed by atoms with van der Waals surface area (Å²) in [6.45, 7) is 6.40. The van der Waals surface area contributed by atoms with E-state index in [4.69, 9.17) is 14.2 Å². The molecular weight excluding hydrogens is 771 g/mol. The van der Waals surface area contributed by atoms with Gasteiger partial charge in [0.15, 0.2) is 0 Å². The van der Waals surface area contributed by atoms with E-state index in [0.717, 1.165) is 30.4 Å². The van der Waals surface area contributed by atoms with E-state index in [1.54, 1.807) is 54.7 Å². The number of nitrogens with zero attached hydrogens (tertiary/aromatic N) is 1. The molecule has 62 heavy (non-hydrogen) atoms. The van der Waals surface area contributed by atoms with Crippen LogP contribution in [0.15, 0.2) is 120 Å². The Morgan fingerprint density at radius 1 is 0.435 bits per heavy atom. The number of aryl methyl sites for hydroxylation is 3. The molecule has 0 N–H and O–H groups in total. The van der Waals surface area contributed by atoms with Crippen LogP contribution >= 0.6 is 0 Å². The van der Waals surface area contributed by atoms with Gasteiger partial charge in [-0.1, -0.05) is 134 Å². The summed E-state index contributed by atoms with van der Waals surface area (Å²) in [4.78, 5) is 43.4. The van der Waals surface area contributed by atoms with Gasteiger partial charge in [-0.25, -0.2) is 14.4 Å². The third-order valence-corrected chi connectivity index (χ3v) is 11.2. The summed E-state index contributed by atoms with van der Waals surface area (Å²) >= 11 is 0. The minimum Gasteiger partial charge on any atom is -0.423 e. The Morgan fingerprint density at radius 2 is 0.790 bits per heavy atom. The first-order valence-corrected chi connectivity index (χ1v) is 23.0. The fourth-order valence-electron chi connectivity index (χ4n) is 7.26. The smallest absolute Gasteiger partial charge is 0.343 e. The van der Waals surface area contributed by atoms with E-state index in [-0.39, 0.29) is 0 Å². The number of aliphatic imine (C=N–C) groups is 1. The monoisotopic (exact) mass is 835 g/mol. The molecule has 0 bridgehead atoms. The number of unbranched alkanes of at least 4 members (excludes halogenated alkanes) is 14. The lowest BCUT2D eigenvalue weighted by atomic mass is 10.0. The van der Waals surface area contributed by atoms with E-state index >= 15 is 0 Å². The maximum absolute atomic E-state index is 13.1. The molecule has 0 saturated heterocycles. The van der Waals surface area contributed by atoms with Gasteiger partial charge < -0.3 is 14.2 Å². The van der Waals surface area contributed by atoms with Crippen LogP contribution in [0.5, 0.6) is 17.2 Å². The Kier molecular flexibility index (Phi) is 20.2. The lowest BCUT2D eigenvalue weighted by Crippen LogP contribution is -2.10. The fraction of sp³-hybridized carbons (Fsp3) is 0.382. The third kappa shape index (κ3) is 16.6. The van der Waals surface area contributed by atoms with Crippen LogP contribution in [0, 0.1) is 6.92 Å². The number of rotatable bonds is 26. The van der Waals surface area contributed by atoms with Gasteiger partial charge in [0.1, 0.15) is 17.2 Å². The summed E-state index contributed by atoms with van der Waals surface area (Å²) in [6.07, 6.45) is 24.4. The molecule has 0 unspecified atom stereocenters. The van der Waals surface area contributed by atoms with Crippen molar-refractivity contribution in [3.05, 3.63) is 154 Å². The molecule has 0 atom stereocenters. The van der Waals surface area contributed by atoms with Crippen LogP contribution in [0.3, 0.4) is 0 Å². The van der Waals surface area contributed by atoms with Crippen LogP contribution in [-0.2, 0) is 12.8 Å². The number of hydrogen-bond donors (Lipinski definition) is 0. The second-order valence-corrected chi connectivity index (χ2v) is 16.3. The molecule has 0 amide bonds. The van der Waals surface area contributed by atoms with E-state index in [2.05, 4.69) is 18.8 Å². The second-order valence-electron chi connectivity index (χ2n) is 16.3. The van der Waals surface area contributed by atoms with Crippen molar-refractivity contribution < 1.29 is 28.6 Å². The maximum atomic E-state index is 13.1. The van der Waals surface area contributed by atoms with E-state index < -0.39 is 17.9 Å². The van der Waals surface area contributed by atoms with Crippen LogP contribution in [0.4, 0.5) is 5.69 Å². The summed E-state index contributed by atoms with van der Waals surface area (Å²) in [5, 5.41) is 0. The summed E-state index contributed by atoms with van der Waals surface area (Å²) in [5.74, 6) is -0.206. The summed E-state index contributed by atoms with van der Waals surface area (Å²) in [7, 11) is 0. The van der Waals surface area contributed by atoms with E-state index in [9.17, 15) is 14.4 Å². The second kappa shape index (κ2) is 26.5. The van der Waals surface area contributed by atoms with Crippen molar-refractivity contribution in [3.63, 3.8) is 0 Å². The molecule has 7 nitrogen and oxygen atoms in total. The molecular formula is C55H65NO6. The average molecular weight is 836 g/mol. The molecule has 0 radical (unpaired) electrons. The van der Waals surface area contributed by atoms with Gasteiger partial charge >= 0.3 is 17.9 Å². The van der Waals surface area contributed by atoms with Gasteiger partial charge in [0.2, 0.25) is 0 Å². The molecule has 0 fully saturated rings. The summed E-state index contributed by atoms with van der Waals surface area (Å²) in [6, 6.07) is 34.0. The molecule has 5 aromatic carbocycles. The van der Waals surface area contributed by atoms with Gasteiger partial charge in [0.05, 0.1) is 22.4 Å². The Labute approximate surface area is 370 Å². The molecule has 0 saturated carbocycles. The van der Waals surface area contributed by atoms with Crippen molar-refractivity contribution in [2.75, 3.05) is 0 Å². The molecule has 0 aromatic heterocycles. The number of hydrogen-bond acceptors (Lipinski definition) is 7. The average Bonchev–Trinajstić information content (AvgIpc) is 3.29.